The number of hydrogen-bond acceptors (Lipinski definition) is 2. The zero-order chi connectivity index (χ0) is 11.4. The molecule has 0 radical (unpaired) electrons. The molecule has 0 atom stereocenters. The van der Waals surface area contributed by atoms with Gasteiger partial charge >= 0.3 is 5.97 Å². The van der Waals surface area contributed by atoms with E-state index in [4.69, 9.17) is 4.74 Å². The topological polar surface area (TPSA) is 26.3 Å². The summed E-state index contributed by atoms with van der Waals surface area (Å²) in [6.07, 6.45) is 12.1. The number of carbonyl (C=O) groups excluding carboxylic acids is 1. The largest absolute Gasteiger partial charge is 0.465 e. The van der Waals surface area contributed by atoms with Gasteiger partial charge < -0.3 is 4.74 Å². The summed E-state index contributed by atoms with van der Waals surface area (Å²) in [6, 6.07) is 0. The van der Waals surface area contributed by atoms with Gasteiger partial charge in [-0.25, -0.2) is 0 Å². The van der Waals surface area contributed by atoms with Crippen LogP contribution in [0.15, 0.2) is 24.8 Å². The standard InChI is InChI=1S/C13H22O2/c1-3-5-6-7-8-9-10-11-12-15-13(14)4-2/h3,9-10H,1,4-8,11-12H2,2H3. The highest BCUT2D eigenvalue weighted by molar-refractivity contribution is 5.68. The first-order valence-corrected chi connectivity index (χ1v) is 5.72. The Balaban J connectivity index is 3.17. The van der Waals surface area contributed by atoms with Crippen LogP contribution in [0.3, 0.4) is 0 Å². The Morgan fingerprint density at radius 1 is 1.20 bits per heavy atom. The summed E-state index contributed by atoms with van der Waals surface area (Å²) in [6.45, 7) is 5.99. The predicted octanol–water partition coefficient (Wildman–Crippen LogP) is 3.63. The van der Waals surface area contributed by atoms with Crippen LogP contribution in [-0.2, 0) is 9.53 Å². The molecule has 0 aliphatic rings. The molecule has 0 aromatic heterocycles. The van der Waals surface area contributed by atoms with Gasteiger partial charge in [0.05, 0.1) is 6.61 Å². The van der Waals surface area contributed by atoms with E-state index in [9.17, 15) is 4.79 Å². The third kappa shape index (κ3) is 10.9. The van der Waals surface area contributed by atoms with E-state index in [1.54, 1.807) is 6.92 Å². The Bertz CT molecular complexity index is 195. The van der Waals surface area contributed by atoms with Crippen molar-refractivity contribution in [3.8, 4) is 0 Å². The molecule has 0 fully saturated rings. The molecule has 0 aromatic rings. The second-order valence-corrected chi connectivity index (χ2v) is 3.41. The Kier molecular flexibility index (Phi) is 10.3. The van der Waals surface area contributed by atoms with E-state index in [2.05, 4.69) is 18.7 Å². The molecular weight excluding hydrogens is 188 g/mol. The molecule has 0 unspecified atom stereocenters. The second kappa shape index (κ2) is 11.0. The number of unbranched alkanes of at least 4 members (excludes halogenated alkanes) is 3. The molecule has 0 aromatic carbocycles. The minimum Gasteiger partial charge on any atom is -0.465 e. The maximum atomic E-state index is 10.8. The van der Waals surface area contributed by atoms with Crippen LogP contribution >= 0.6 is 0 Å². The Labute approximate surface area is 93.0 Å². The molecule has 0 heterocycles. The van der Waals surface area contributed by atoms with Gasteiger partial charge in [-0.2, -0.15) is 0 Å². The van der Waals surface area contributed by atoms with Gasteiger partial charge in [0.1, 0.15) is 0 Å². The van der Waals surface area contributed by atoms with Crippen molar-refractivity contribution < 1.29 is 9.53 Å². The first kappa shape index (κ1) is 13.9. The van der Waals surface area contributed by atoms with Crippen LogP contribution in [0.1, 0.15) is 45.4 Å². The quantitative estimate of drug-likeness (QED) is 0.330. The minimum atomic E-state index is -0.116. The lowest BCUT2D eigenvalue weighted by Gasteiger charge is -1.99. The fourth-order valence-electron chi connectivity index (χ4n) is 1.13. The van der Waals surface area contributed by atoms with E-state index >= 15 is 0 Å². The van der Waals surface area contributed by atoms with E-state index in [0.29, 0.717) is 13.0 Å². The lowest BCUT2D eigenvalue weighted by Crippen LogP contribution is -2.02. The highest BCUT2D eigenvalue weighted by Gasteiger charge is 1.94. The van der Waals surface area contributed by atoms with E-state index in [1.165, 1.54) is 12.8 Å². The molecule has 2 nitrogen and oxygen atoms in total. The maximum absolute atomic E-state index is 10.8. The molecule has 2 heteroatoms. The highest BCUT2D eigenvalue weighted by Crippen LogP contribution is 2.01. The molecule has 0 rings (SSSR count). The number of hydrogen-bond donors (Lipinski definition) is 0. The number of carbonyl (C=O) groups is 1. The van der Waals surface area contributed by atoms with Gasteiger partial charge in [-0.05, 0) is 32.1 Å². The molecule has 0 aliphatic carbocycles. The van der Waals surface area contributed by atoms with Crippen LogP contribution in [0.4, 0.5) is 0 Å². The van der Waals surface area contributed by atoms with Gasteiger partial charge in [0.25, 0.3) is 0 Å². The fourth-order valence-corrected chi connectivity index (χ4v) is 1.13. The van der Waals surface area contributed by atoms with Crippen molar-refractivity contribution in [2.75, 3.05) is 6.61 Å². The smallest absolute Gasteiger partial charge is 0.305 e. The van der Waals surface area contributed by atoms with E-state index < -0.39 is 0 Å². The molecule has 0 saturated heterocycles. The predicted molar refractivity (Wildman–Crippen MR) is 63.7 cm³/mol. The zero-order valence-electron chi connectivity index (χ0n) is 9.71. The van der Waals surface area contributed by atoms with Crippen LogP contribution in [0.25, 0.3) is 0 Å². The van der Waals surface area contributed by atoms with Crippen LogP contribution in [0, 0.1) is 0 Å². The lowest BCUT2D eigenvalue weighted by atomic mass is 10.2. The molecule has 0 spiro atoms. The summed E-state index contributed by atoms with van der Waals surface area (Å²) in [5.41, 5.74) is 0. The van der Waals surface area contributed by atoms with Crippen molar-refractivity contribution in [2.45, 2.75) is 45.4 Å². The number of rotatable bonds is 9. The first-order valence-electron chi connectivity index (χ1n) is 5.72. The van der Waals surface area contributed by atoms with E-state index in [-0.39, 0.29) is 5.97 Å². The molecule has 86 valence electrons. The Morgan fingerprint density at radius 2 is 1.87 bits per heavy atom. The summed E-state index contributed by atoms with van der Waals surface area (Å²) in [5, 5.41) is 0. The lowest BCUT2D eigenvalue weighted by molar-refractivity contribution is -0.143. The van der Waals surface area contributed by atoms with Gasteiger partial charge in [0.15, 0.2) is 0 Å². The van der Waals surface area contributed by atoms with Crippen molar-refractivity contribution in [2.24, 2.45) is 0 Å². The number of esters is 1. The van der Waals surface area contributed by atoms with E-state index in [1.807, 2.05) is 6.08 Å². The first-order chi connectivity index (χ1) is 7.31. The zero-order valence-corrected chi connectivity index (χ0v) is 9.71. The monoisotopic (exact) mass is 210 g/mol. The van der Waals surface area contributed by atoms with E-state index in [0.717, 1.165) is 19.3 Å². The van der Waals surface area contributed by atoms with Crippen molar-refractivity contribution in [1.29, 1.82) is 0 Å². The van der Waals surface area contributed by atoms with Gasteiger partial charge in [0.2, 0.25) is 0 Å². The molecule has 0 amide bonds. The summed E-state index contributed by atoms with van der Waals surface area (Å²) in [5.74, 6) is -0.116. The van der Waals surface area contributed by atoms with Gasteiger partial charge in [0, 0.05) is 6.42 Å². The Morgan fingerprint density at radius 3 is 2.53 bits per heavy atom. The van der Waals surface area contributed by atoms with Crippen molar-refractivity contribution in [3.05, 3.63) is 24.8 Å². The summed E-state index contributed by atoms with van der Waals surface area (Å²) in [4.78, 5) is 10.8. The Hall–Kier alpha value is -1.05. The number of ether oxygens (including phenoxy) is 1. The van der Waals surface area contributed by atoms with Crippen LogP contribution in [-0.4, -0.2) is 12.6 Å². The molecule has 0 N–H and O–H groups in total. The average molecular weight is 210 g/mol. The SMILES string of the molecule is C=CCCCCC=CCCOC(=O)CC. The summed E-state index contributed by atoms with van der Waals surface area (Å²) >= 11 is 0. The normalized spacial score (nSPS) is 10.5. The van der Waals surface area contributed by atoms with Crippen LogP contribution < -0.4 is 0 Å². The van der Waals surface area contributed by atoms with Crippen LogP contribution in [0.2, 0.25) is 0 Å². The highest BCUT2D eigenvalue weighted by atomic mass is 16.5. The molecule has 0 bridgehead atoms. The third-order valence-corrected chi connectivity index (χ3v) is 2.03. The molecule has 0 saturated carbocycles. The third-order valence-electron chi connectivity index (χ3n) is 2.03. The van der Waals surface area contributed by atoms with Crippen LogP contribution in [0.5, 0.6) is 0 Å². The molecular formula is C13H22O2. The van der Waals surface area contributed by atoms with Crippen molar-refractivity contribution >= 4 is 5.97 Å². The molecule has 15 heavy (non-hydrogen) atoms. The summed E-state index contributed by atoms with van der Waals surface area (Å²) < 4.78 is 4.93. The number of allylic oxidation sites excluding steroid dienone is 2. The fraction of sp³-hybridized carbons (Fsp3) is 0.615. The van der Waals surface area contributed by atoms with Gasteiger partial charge in [-0.3, -0.25) is 4.79 Å². The average Bonchev–Trinajstić information content (AvgIpc) is 2.26. The maximum Gasteiger partial charge on any atom is 0.305 e. The second-order valence-electron chi connectivity index (χ2n) is 3.41. The molecule has 0 aliphatic heterocycles. The minimum absolute atomic E-state index is 0.116. The van der Waals surface area contributed by atoms with Crippen molar-refractivity contribution in [1.82, 2.24) is 0 Å². The van der Waals surface area contributed by atoms with Gasteiger partial charge in [-0.1, -0.05) is 25.2 Å². The van der Waals surface area contributed by atoms with Crippen molar-refractivity contribution in [3.63, 3.8) is 0 Å². The summed E-state index contributed by atoms with van der Waals surface area (Å²) in [7, 11) is 0. The van der Waals surface area contributed by atoms with Gasteiger partial charge in [-0.15, -0.1) is 6.58 Å².